The molecule has 0 bridgehead atoms. The molecule has 2 N–H and O–H groups in total. The molecule has 0 heterocycles. The van der Waals surface area contributed by atoms with Gasteiger partial charge < -0.3 is 15.2 Å². The van der Waals surface area contributed by atoms with Crippen LogP contribution in [0.5, 0.6) is 5.75 Å². The van der Waals surface area contributed by atoms with E-state index < -0.39 is 10.9 Å². The average Bonchev–Trinajstić information content (AvgIpc) is 2.45. The quantitative estimate of drug-likeness (QED) is 0.391. The number of hydrogen-bond donors (Lipinski definition) is 2. The molecule has 116 valence electrons. The molecule has 0 fully saturated rings. The van der Waals surface area contributed by atoms with Gasteiger partial charge in [0.15, 0.2) is 5.75 Å². The largest absolute Gasteiger partial charge is 0.490 e. The number of nitro benzene ring substituents is 1. The van der Waals surface area contributed by atoms with E-state index in [1.807, 2.05) is 0 Å². The Balaban J connectivity index is 2.32. The van der Waals surface area contributed by atoms with Crippen LogP contribution in [0.15, 0.2) is 18.2 Å². The van der Waals surface area contributed by atoms with Crippen molar-refractivity contribution in [1.82, 2.24) is 0 Å². The van der Waals surface area contributed by atoms with Crippen molar-refractivity contribution in [1.29, 1.82) is 0 Å². The monoisotopic (exact) mass is 296 g/mol. The van der Waals surface area contributed by atoms with E-state index in [0.717, 1.165) is 31.5 Å². The SMILES string of the molecule is COc1cc(NCCCCCCC(=O)O)ccc1[N+](=O)[O-]. The fourth-order valence-electron chi connectivity index (χ4n) is 1.93. The van der Waals surface area contributed by atoms with Gasteiger partial charge in [0, 0.05) is 30.8 Å². The van der Waals surface area contributed by atoms with Crippen molar-refractivity contribution in [2.75, 3.05) is 19.0 Å². The molecule has 1 aromatic carbocycles. The Morgan fingerprint density at radius 3 is 2.67 bits per heavy atom. The Bertz CT molecular complexity index is 490. The van der Waals surface area contributed by atoms with Crippen LogP contribution in [0, 0.1) is 10.1 Å². The standard InChI is InChI=1S/C14H20N2O5/c1-21-13-10-11(7-8-12(13)16(19)20)15-9-5-3-2-4-6-14(17)18/h7-8,10,15H,2-6,9H2,1H3,(H,17,18). The average molecular weight is 296 g/mol. The van der Waals surface area contributed by atoms with Crippen molar-refractivity contribution < 1.29 is 19.6 Å². The Morgan fingerprint density at radius 2 is 2.05 bits per heavy atom. The third-order valence-corrected chi connectivity index (χ3v) is 3.02. The molecule has 1 aromatic rings. The summed E-state index contributed by atoms with van der Waals surface area (Å²) < 4.78 is 4.99. The summed E-state index contributed by atoms with van der Waals surface area (Å²) in [6.45, 7) is 0.730. The van der Waals surface area contributed by atoms with Crippen LogP contribution in [0.3, 0.4) is 0 Å². The lowest BCUT2D eigenvalue weighted by Gasteiger charge is -2.08. The van der Waals surface area contributed by atoms with E-state index in [2.05, 4.69) is 5.32 Å². The molecule has 0 unspecified atom stereocenters. The summed E-state index contributed by atoms with van der Waals surface area (Å²) in [5.74, 6) is -0.530. The van der Waals surface area contributed by atoms with E-state index in [-0.39, 0.29) is 17.9 Å². The minimum absolute atomic E-state index is 0.0586. The first-order chi connectivity index (χ1) is 10.0. The predicted octanol–water partition coefficient (Wildman–Crippen LogP) is 3.05. The van der Waals surface area contributed by atoms with Crippen molar-refractivity contribution in [3.8, 4) is 5.75 Å². The summed E-state index contributed by atoms with van der Waals surface area (Å²) in [6, 6.07) is 4.65. The minimum Gasteiger partial charge on any atom is -0.490 e. The molecule has 0 aliphatic heterocycles. The molecule has 0 saturated heterocycles. The minimum atomic E-state index is -0.758. The van der Waals surface area contributed by atoms with E-state index in [9.17, 15) is 14.9 Å². The number of unbranched alkanes of at least 4 members (excludes halogenated alkanes) is 3. The lowest BCUT2D eigenvalue weighted by atomic mass is 10.1. The highest BCUT2D eigenvalue weighted by molar-refractivity contribution is 5.66. The molecule has 7 heteroatoms. The molecule has 1 rings (SSSR count). The number of nitrogens with zero attached hydrogens (tertiary/aromatic N) is 1. The van der Waals surface area contributed by atoms with Gasteiger partial charge in [-0.3, -0.25) is 14.9 Å². The van der Waals surface area contributed by atoms with Gasteiger partial charge in [-0.15, -0.1) is 0 Å². The van der Waals surface area contributed by atoms with E-state index in [1.165, 1.54) is 13.2 Å². The zero-order chi connectivity index (χ0) is 15.7. The summed E-state index contributed by atoms with van der Waals surface area (Å²) in [5.41, 5.74) is 0.708. The first-order valence-electron chi connectivity index (χ1n) is 6.82. The molecule has 7 nitrogen and oxygen atoms in total. The smallest absolute Gasteiger partial charge is 0.311 e. The van der Waals surface area contributed by atoms with Gasteiger partial charge >= 0.3 is 11.7 Å². The summed E-state index contributed by atoms with van der Waals surface area (Å²) in [5, 5.41) is 22.4. The molecule has 0 radical (unpaired) electrons. The van der Waals surface area contributed by atoms with Gasteiger partial charge in [-0.25, -0.2) is 0 Å². The van der Waals surface area contributed by atoms with Crippen molar-refractivity contribution in [3.05, 3.63) is 28.3 Å². The second-order valence-electron chi connectivity index (χ2n) is 4.63. The molecule has 21 heavy (non-hydrogen) atoms. The van der Waals surface area contributed by atoms with Gasteiger partial charge in [0.1, 0.15) is 0 Å². The Kier molecular flexibility index (Phi) is 7.00. The summed E-state index contributed by atoms with van der Waals surface area (Å²) >= 11 is 0. The van der Waals surface area contributed by atoms with E-state index in [0.29, 0.717) is 6.42 Å². The number of nitro groups is 1. The van der Waals surface area contributed by atoms with Crippen LogP contribution in [-0.2, 0) is 4.79 Å². The Morgan fingerprint density at radius 1 is 1.33 bits per heavy atom. The first kappa shape index (κ1) is 16.7. The highest BCUT2D eigenvalue weighted by Crippen LogP contribution is 2.29. The number of benzene rings is 1. The van der Waals surface area contributed by atoms with Crippen molar-refractivity contribution >= 4 is 17.3 Å². The lowest BCUT2D eigenvalue weighted by Crippen LogP contribution is -2.02. The number of carboxylic acid groups (broad SMARTS) is 1. The van der Waals surface area contributed by atoms with Crippen molar-refractivity contribution in [2.45, 2.75) is 32.1 Å². The predicted molar refractivity (Wildman–Crippen MR) is 78.9 cm³/mol. The van der Waals surface area contributed by atoms with E-state index in [4.69, 9.17) is 9.84 Å². The van der Waals surface area contributed by atoms with Crippen LogP contribution < -0.4 is 10.1 Å². The summed E-state index contributed by atoms with van der Waals surface area (Å²) in [6.07, 6.45) is 3.66. The van der Waals surface area contributed by atoms with Gasteiger partial charge in [0.2, 0.25) is 0 Å². The number of carbonyl (C=O) groups is 1. The Labute approximate surface area is 123 Å². The maximum absolute atomic E-state index is 10.8. The Hall–Kier alpha value is -2.31. The molecular formula is C14H20N2O5. The third kappa shape index (κ3) is 6.11. The summed E-state index contributed by atoms with van der Waals surface area (Å²) in [7, 11) is 1.40. The highest BCUT2D eigenvalue weighted by Gasteiger charge is 2.14. The number of hydrogen-bond acceptors (Lipinski definition) is 5. The fourth-order valence-corrected chi connectivity index (χ4v) is 1.93. The first-order valence-corrected chi connectivity index (χ1v) is 6.82. The zero-order valence-electron chi connectivity index (χ0n) is 12.0. The summed E-state index contributed by atoms with van der Waals surface area (Å²) in [4.78, 5) is 20.6. The molecule has 0 aromatic heterocycles. The molecule has 0 aliphatic carbocycles. The van der Waals surface area contributed by atoms with Crippen molar-refractivity contribution in [2.24, 2.45) is 0 Å². The van der Waals surface area contributed by atoms with Gasteiger partial charge in [-0.1, -0.05) is 12.8 Å². The second kappa shape index (κ2) is 8.78. The van der Waals surface area contributed by atoms with Crippen LogP contribution in [0.2, 0.25) is 0 Å². The molecule has 0 amide bonds. The van der Waals surface area contributed by atoms with Gasteiger partial charge in [-0.2, -0.15) is 0 Å². The van der Waals surface area contributed by atoms with E-state index >= 15 is 0 Å². The number of aliphatic carboxylic acids is 1. The van der Waals surface area contributed by atoms with Crippen LogP contribution in [0.1, 0.15) is 32.1 Å². The van der Waals surface area contributed by atoms with Crippen LogP contribution in [-0.4, -0.2) is 29.7 Å². The number of nitrogens with one attached hydrogen (secondary N) is 1. The number of rotatable bonds is 10. The van der Waals surface area contributed by atoms with Crippen LogP contribution in [0.25, 0.3) is 0 Å². The maximum Gasteiger partial charge on any atom is 0.311 e. The molecular weight excluding hydrogens is 276 g/mol. The number of anilines is 1. The second-order valence-corrected chi connectivity index (χ2v) is 4.63. The maximum atomic E-state index is 10.8. The highest BCUT2D eigenvalue weighted by atomic mass is 16.6. The lowest BCUT2D eigenvalue weighted by molar-refractivity contribution is -0.385. The van der Waals surface area contributed by atoms with E-state index in [1.54, 1.807) is 12.1 Å². The van der Waals surface area contributed by atoms with Crippen molar-refractivity contribution in [3.63, 3.8) is 0 Å². The van der Waals surface area contributed by atoms with Gasteiger partial charge in [0.05, 0.1) is 12.0 Å². The molecule has 0 spiro atoms. The fraction of sp³-hybridized carbons (Fsp3) is 0.500. The number of carboxylic acids is 1. The zero-order valence-corrected chi connectivity index (χ0v) is 12.0. The normalized spacial score (nSPS) is 10.1. The van der Waals surface area contributed by atoms with Crippen LogP contribution >= 0.6 is 0 Å². The van der Waals surface area contributed by atoms with Gasteiger partial charge in [0.25, 0.3) is 0 Å². The molecule has 0 aliphatic rings. The topological polar surface area (TPSA) is 102 Å². The van der Waals surface area contributed by atoms with Gasteiger partial charge in [-0.05, 0) is 18.9 Å². The van der Waals surface area contributed by atoms with Crippen LogP contribution in [0.4, 0.5) is 11.4 Å². The molecule has 0 atom stereocenters. The number of methoxy groups -OCH3 is 1. The molecule has 0 saturated carbocycles. The third-order valence-electron chi connectivity index (χ3n) is 3.02. The number of ether oxygens (including phenoxy) is 1.